The van der Waals surface area contributed by atoms with Gasteiger partial charge >= 0.3 is 0 Å². The molecule has 0 bridgehead atoms. The number of nitrogens with zero attached hydrogens (tertiary/aromatic N) is 1. The average molecular weight is 418 g/mol. The summed E-state index contributed by atoms with van der Waals surface area (Å²) in [5, 5.41) is 2.83. The summed E-state index contributed by atoms with van der Waals surface area (Å²) in [6.45, 7) is 1.83. The van der Waals surface area contributed by atoms with E-state index < -0.39 is 17.5 Å². The van der Waals surface area contributed by atoms with Gasteiger partial charge in [0, 0.05) is 23.9 Å². The van der Waals surface area contributed by atoms with Crippen molar-refractivity contribution in [1.29, 1.82) is 0 Å². The van der Waals surface area contributed by atoms with Gasteiger partial charge in [-0.15, -0.1) is 0 Å². The molecule has 0 aromatic heterocycles. The molecular weight excluding hydrogens is 395 g/mol. The van der Waals surface area contributed by atoms with Crippen LogP contribution in [-0.4, -0.2) is 36.1 Å². The molecule has 31 heavy (non-hydrogen) atoms. The summed E-state index contributed by atoms with van der Waals surface area (Å²) < 4.78 is 13.2. The molecule has 0 saturated carbocycles. The number of aryl methyl sites for hydroxylation is 1. The maximum Gasteiger partial charge on any atom is 0.254 e. The molecule has 0 unspecified atom stereocenters. The number of anilines is 1. The first-order valence-electron chi connectivity index (χ1n) is 9.93. The predicted molar refractivity (Wildman–Crippen MR) is 118 cm³/mol. The van der Waals surface area contributed by atoms with Crippen molar-refractivity contribution in [3.63, 3.8) is 0 Å². The fraction of sp³-hybridized carbons (Fsp3) is 0.160. The second-order valence-electron chi connectivity index (χ2n) is 7.10. The number of hydrogen-bond donors (Lipinski definition) is 1. The van der Waals surface area contributed by atoms with Gasteiger partial charge in [-0.05, 0) is 48.4 Å². The number of benzene rings is 3. The van der Waals surface area contributed by atoms with Crippen LogP contribution in [0.4, 0.5) is 10.1 Å². The van der Waals surface area contributed by atoms with Crippen molar-refractivity contribution < 1.29 is 18.8 Å². The number of amides is 2. The number of carbonyl (C=O) groups excluding carboxylic acids is 3. The van der Waals surface area contributed by atoms with E-state index in [9.17, 15) is 18.8 Å². The highest BCUT2D eigenvalue weighted by atomic mass is 19.1. The van der Waals surface area contributed by atoms with E-state index >= 15 is 0 Å². The summed E-state index contributed by atoms with van der Waals surface area (Å²) in [4.78, 5) is 39.6. The Hall–Kier alpha value is -3.80. The van der Waals surface area contributed by atoms with Crippen LogP contribution in [0.5, 0.6) is 0 Å². The summed E-state index contributed by atoms with van der Waals surface area (Å²) in [5.41, 5.74) is 2.37. The number of hydrogen-bond acceptors (Lipinski definition) is 3. The molecule has 0 radical (unpaired) electrons. The van der Waals surface area contributed by atoms with E-state index in [0.717, 1.165) is 12.0 Å². The van der Waals surface area contributed by atoms with Crippen LogP contribution in [0.2, 0.25) is 0 Å². The van der Waals surface area contributed by atoms with Crippen molar-refractivity contribution in [1.82, 2.24) is 4.90 Å². The van der Waals surface area contributed by atoms with Gasteiger partial charge in [-0.3, -0.25) is 14.4 Å². The molecule has 158 valence electrons. The SMILES string of the molecule is CCc1ccccc1NC(=O)CN(C)C(=O)c1ccccc1C(=O)c1ccc(F)cc1. The van der Waals surface area contributed by atoms with Crippen LogP contribution in [0.15, 0.2) is 72.8 Å². The standard InChI is InChI=1S/C25H23FN2O3/c1-3-17-8-4-7-11-22(17)27-23(29)16-28(2)25(31)21-10-6-5-9-20(21)24(30)18-12-14-19(26)15-13-18/h4-15H,3,16H2,1-2H3,(H,27,29). The van der Waals surface area contributed by atoms with Crippen molar-refractivity contribution in [3.8, 4) is 0 Å². The van der Waals surface area contributed by atoms with Gasteiger partial charge in [0.1, 0.15) is 5.82 Å². The molecule has 3 aromatic carbocycles. The Morgan fingerprint density at radius 2 is 1.48 bits per heavy atom. The van der Waals surface area contributed by atoms with E-state index in [1.165, 1.54) is 36.2 Å². The Morgan fingerprint density at radius 3 is 2.16 bits per heavy atom. The Kier molecular flexibility index (Phi) is 6.92. The Labute approximate surface area is 180 Å². The van der Waals surface area contributed by atoms with Gasteiger partial charge in [0.2, 0.25) is 5.91 Å². The number of nitrogens with one attached hydrogen (secondary N) is 1. The summed E-state index contributed by atoms with van der Waals surface area (Å²) in [7, 11) is 1.51. The molecule has 0 fully saturated rings. The fourth-order valence-electron chi connectivity index (χ4n) is 3.26. The molecule has 3 aromatic rings. The summed E-state index contributed by atoms with van der Waals surface area (Å²) >= 11 is 0. The highest BCUT2D eigenvalue weighted by molar-refractivity contribution is 6.15. The smallest absolute Gasteiger partial charge is 0.254 e. The molecule has 0 aliphatic carbocycles. The predicted octanol–water partition coefficient (Wildman–Crippen LogP) is 4.33. The minimum Gasteiger partial charge on any atom is -0.332 e. The fourth-order valence-corrected chi connectivity index (χ4v) is 3.26. The Morgan fingerprint density at radius 1 is 0.871 bits per heavy atom. The first kappa shape index (κ1) is 21.9. The second-order valence-corrected chi connectivity index (χ2v) is 7.10. The van der Waals surface area contributed by atoms with Gasteiger partial charge in [0.25, 0.3) is 5.91 Å². The van der Waals surface area contributed by atoms with Crippen molar-refractivity contribution in [2.24, 2.45) is 0 Å². The molecule has 0 atom stereocenters. The normalized spacial score (nSPS) is 10.4. The monoisotopic (exact) mass is 418 g/mol. The van der Waals surface area contributed by atoms with E-state index in [1.54, 1.807) is 24.3 Å². The van der Waals surface area contributed by atoms with E-state index in [4.69, 9.17) is 0 Å². The maximum absolute atomic E-state index is 13.2. The number of halogens is 1. The van der Waals surface area contributed by atoms with Gasteiger partial charge in [-0.2, -0.15) is 0 Å². The van der Waals surface area contributed by atoms with Gasteiger partial charge < -0.3 is 10.2 Å². The van der Waals surface area contributed by atoms with Gasteiger partial charge in [0.05, 0.1) is 12.1 Å². The van der Waals surface area contributed by atoms with E-state index in [2.05, 4.69) is 5.32 Å². The van der Waals surface area contributed by atoms with Gasteiger partial charge in [0.15, 0.2) is 5.78 Å². The van der Waals surface area contributed by atoms with Gasteiger partial charge in [-0.1, -0.05) is 43.3 Å². The number of rotatable bonds is 7. The van der Waals surface area contributed by atoms with Crippen molar-refractivity contribution in [2.75, 3.05) is 18.9 Å². The van der Waals surface area contributed by atoms with E-state index in [-0.39, 0.29) is 29.1 Å². The van der Waals surface area contributed by atoms with Crippen LogP contribution < -0.4 is 5.32 Å². The largest absolute Gasteiger partial charge is 0.332 e. The van der Waals surface area contributed by atoms with Crippen molar-refractivity contribution in [2.45, 2.75) is 13.3 Å². The first-order valence-corrected chi connectivity index (χ1v) is 9.93. The third-order valence-corrected chi connectivity index (χ3v) is 4.91. The molecule has 3 rings (SSSR count). The third-order valence-electron chi connectivity index (χ3n) is 4.91. The Bertz CT molecular complexity index is 1110. The maximum atomic E-state index is 13.2. The van der Waals surface area contributed by atoms with Crippen LogP contribution in [0.25, 0.3) is 0 Å². The van der Waals surface area contributed by atoms with Crippen molar-refractivity contribution in [3.05, 3.63) is 101 Å². The van der Waals surface area contributed by atoms with Crippen LogP contribution in [0, 0.1) is 5.82 Å². The number of carbonyl (C=O) groups is 3. The highest BCUT2D eigenvalue weighted by Crippen LogP contribution is 2.18. The zero-order valence-electron chi connectivity index (χ0n) is 17.4. The summed E-state index contributed by atoms with van der Waals surface area (Å²) in [6, 6.07) is 19.0. The molecular formula is C25H23FN2O3. The first-order chi connectivity index (χ1) is 14.9. The van der Waals surface area contributed by atoms with E-state index in [0.29, 0.717) is 5.69 Å². The Balaban J connectivity index is 1.76. The number of likely N-dealkylation sites (N-methyl/N-ethyl adjacent to an activating group) is 1. The lowest BCUT2D eigenvalue weighted by atomic mass is 9.97. The molecule has 0 aliphatic rings. The summed E-state index contributed by atoms with van der Waals surface area (Å²) in [6.07, 6.45) is 0.768. The number of ketones is 1. The van der Waals surface area contributed by atoms with Crippen molar-refractivity contribution >= 4 is 23.3 Å². The lowest BCUT2D eigenvalue weighted by molar-refractivity contribution is -0.116. The van der Waals surface area contributed by atoms with Gasteiger partial charge in [-0.25, -0.2) is 4.39 Å². The highest BCUT2D eigenvalue weighted by Gasteiger charge is 2.22. The molecule has 2 amide bonds. The van der Waals surface area contributed by atoms with Crippen LogP contribution in [0.3, 0.4) is 0 Å². The second kappa shape index (κ2) is 9.80. The zero-order chi connectivity index (χ0) is 22.4. The molecule has 1 N–H and O–H groups in total. The lowest BCUT2D eigenvalue weighted by Gasteiger charge is -2.19. The number of para-hydroxylation sites is 1. The molecule has 0 saturated heterocycles. The quantitative estimate of drug-likeness (QED) is 0.581. The summed E-state index contributed by atoms with van der Waals surface area (Å²) in [5.74, 6) is -1.63. The molecule has 0 aliphatic heterocycles. The lowest BCUT2D eigenvalue weighted by Crippen LogP contribution is -2.35. The molecule has 0 heterocycles. The minimum atomic E-state index is -0.454. The molecule has 6 heteroatoms. The minimum absolute atomic E-state index is 0.171. The molecule has 0 spiro atoms. The van der Waals surface area contributed by atoms with Crippen LogP contribution in [-0.2, 0) is 11.2 Å². The van der Waals surface area contributed by atoms with Crippen LogP contribution >= 0.6 is 0 Å². The zero-order valence-corrected chi connectivity index (χ0v) is 17.4. The average Bonchev–Trinajstić information content (AvgIpc) is 2.79. The molecule has 5 nitrogen and oxygen atoms in total. The van der Waals surface area contributed by atoms with E-state index in [1.807, 2.05) is 31.2 Å². The van der Waals surface area contributed by atoms with Crippen LogP contribution in [0.1, 0.15) is 38.8 Å². The topological polar surface area (TPSA) is 66.5 Å². The third kappa shape index (κ3) is 5.22.